The van der Waals surface area contributed by atoms with Crippen molar-refractivity contribution in [2.24, 2.45) is 5.73 Å². The molecule has 0 radical (unpaired) electrons. The highest BCUT2D eigenvalue weighted by molar-refractivity contribution is 6.06. The summed E-state index contributed by atoms with van der Waals surface area (Å²) in [5, 5.41) is 17.8. The number of benzene rings is 1. The van der Waals surface area contributed by atoms with Gasteiger partial charge in [0.05, 0.1) is 10.6 Å². The van der Waals surface area contributed by atoms with E-state index < -0.39 is 4.92 Å². The lowest BCUT2D eigenvalue weighted by atomic mass is 10.1. The molecule has 0 aliphatic heterocycles. The van der Waals surface area contributed by atoms with Gasteiger partial charge in [-0.25, -0.2) is 0 Å². The molecule has 0 unspecified atom stereocenters. The van der Waals surface area contributed by atoms with E-state index in [1.807, 2.05) is 0 Å². The fourth-order valence-corrected chi connectivity index (χ4v) is 0.955. The van der Waals surface area contributed by atoms with Crippen molar-refractivity contribution in [2.45, 2.75) is 0 Å². The molecular formula is C9H9N3O2. The number of non-ortho nitro benzene ring substituents is 1. The normalized spacial score (nSPS) is 10.3. The highest BCUT2D eigenvalue weighted by Crippen LogP contribution is 2.12. The predicted octanol–water partition coefficient (Wildman–Crippen LogP) is 1.44. The second-order valence-corrected chi connectivity index (χ2v) is 2.58. The van der Waals surface area contributed by atoms with Gasteiger partial charge in [0.25, 0.3) is 5.69 Å². The van der Waals surface area contributed by atoms with E-state index in [0.717, 1.165) is 0 Å². The lowest BCUT2D eigenvalue weighted by Gasteiger charge is -1.97. The van der Waals surface area contributed by atoms with Crippen LogP contribution in [0.25, 0.3) is 0 Å². The van der Waals surface area contributed by atoms with E-state index in [2.05, 4.69) is 0 Å². The van der Waals surface area contributed by atoms with Crippen LogP contribution in [0.2, 0.25) is 0 Å². The van der Waals surface area contributed by atoms with E-state index in [1.54, 1.807) is 0 Å². The highest BCUT2D eigenvalue weighted by Gasteiger charge is 2.04. The van der Waals surface area contributed by atoms with E-state index in [0.29, 0.717) is 5.56 Å². The van der Waals surface area contributed by atoms with Gasteiger partial charge in [-0.15, -0.1) is 0 Å². The van der Waals surface area contributed by atoms with Gasteiger partial charge < -0.3 is 11.1 Å². The fraction of sp³-hybridized carbons (Fsp3) is 0. The van der Waals surface area contributed by atoms with Crippen molar-refractivity contribution in [1.29, 1.82) is 5.41 Å². The number of hydrogen-bond donors (Lipinski definition) is 2. The Labute approximate surface area is 80.5 Å². The number of hydrogen-bond acceptors (Lipinski definition) is 4. The van der Waals surface area contributed by atoms with Crippen LogP contribution in [0.4, 0.5) is 5.69 Å². The molecule has 1 aromatic carbocycles. The predicted molar refractivity (Wildman–Crippen MR) is 53.3 cm³/mol. The van der Waals surface area contributed by atoms with Crippen LogP contribution in [0.3, 0.4) is 0 Å². The molecule has 0 atom stereocenters. The van der Waals surface area contributed by atoms with E-state index in [-0.39, 0.29) is 11.4 Å². The third-order valence-corrected chi connectivity index (χ3v) is 1.65. The van der Waals surface area contributed by atoms with Gasteiger partial charge in [0.2, 0.25) is 0 Å². The van der Waals surface area contributed by atoms with Crippen molar-refractivity contribution in [3.8, 4) is 0 Å². The lowest BCUT2D eigenvalue weighted by Crippen LogP contribution is -1.96. The Morgan fingerprint density at radius 3 is 2.43 bits per heavy atom. The van der Waals surface area contributed by atoms with Crippen LogP contribution >= 0.6 is 0 Å². The van der Waals surface area contributed by atoms with Gasteiger partial charge in [0.15, 0.2) is 0 Å². The van der Waals surface area contributed by atoms with Crippen LogP contribution in [-0.2, 0) is 0 Å². The molecule has 0 aromatic heterocycles. The molecule has 5 heteroatoms. The number of nitrogens with one attached hydrogen (secondary N) is 1. The quantitative estimate of drug-likeness (QED) is 0.430. The molecule has 0 aliphatic carbocycles. The van der Waals surface area contributed by atoms with E-state index in [9.17, 15) is 10.1 Å². The summed E-state index contributed by atoms with van der Waals surface area (Å²) in [6.07, 6.45) is 2.67. The molecule has 72 valence electrons. The average molecular weight is 191 g/mol. The fourth-order valence-electron chi connectivity index (χ4n) is 0.955. The summed E-state index contributed by atoms with van der Waals surface area (Å²) in [4.78, 5) is 9.85. The zero-order valence-electron chi connectivity index (χ0n) is 7.31. The van der Waals surface area contributed by atoms with Gasteiger partial charge in [-0.3, -0.25) is 10.1 Å². The molecule has 0 saturated carbocycles. The Hall–Kier alpha value is -2.17. The zero-order chi connectivity index (χ0) is 10.6. The van der Waals surface area contributed by atoms with Crippen molar-refractivity contribution in [3.63, 3.8) is 0 Å². The van der Waals surface area contributed by atoms with E-state index in [1.165, 1.54) is 36.5 Å². The minimum atomic E-state index is -0.480. The largest absolute Gasteiger partial charge is 0.405 e. The zero-order valence-corrected chi connectivity index (χ0v) is 7.31. The molecule has 1 aromatic rings. The molecule has 3 N–H and O–H groups in total. The van der Waals surface area contributed by atoms with Crippen molar-refractivity contribution < 1.29 is 4.92 Å². The van der Waals surface area contributed by atoms with Crippen LogP contribution in [0.15, 0.2) is 36.5 Å². The van der Waals surface area contributed by atoms with E-state index in [4.69, 9.17) is 11.1 Å². The first-order chi connectivity index (χ1) is 6.65. The Morgan fingerprint density at radius 1 is 1.43 bits per heavy atom. The summed E-state index contributed by atoms with van der Waals surface area (Å²) in [6.45, 7) is 0. The summed E-state index contributed by atoms with van der Waals surface area (Å²) >= 11 is 0. The van der Waals surface area contributed by atoms with Gasteiger partial charge >= 0.3 is 0 Å². The molecule has 0 aliphatic rings. The van der Waals surface area contributed by atoms with E-state index >= 15 is 0 Å². The summed E-state index contributed by atoms with van der Waals surface area (Å²) in [6, 6.07) is 5.74. The number of rotatable bonds is 3. The standard InChI is InChI=1S/C9H9N3O2/c10-6-5-9(11)7-1-3-8(4-2-7)12(13)14/h1-6,11H,10H2/b6-5-,11-9?. The van der Waals surface area contributed by atoms with Crippen LogP contribution in [-0.4, -0.2) is 10.6 Å². The Balaban J connectivity index is 2.94. The summed E-state index contributed by atoms with van der Waals surface area (Å²) in [5.41, 5.74) is 5.95. The number of allylic oxidation sites excluding steroid dienone is 1. The smallest absolute Gasteiger partial charge is 0.269 e. The molecule has 0 heterocycles. The average Bonchev–Trinajstić information content (AvgIpc) is 2.18. The summed E-state index contributed by atoms with van der Waals surface area (Å²) in [7, 11) is 0. The first-order valence-corrected chi connectivity index (χ1v) is 3.87. The van der Waals surface area contributed by atoms with Crippen LogP contribution < -0.4 is 5.73 Å². The van der Waals surface area contributed by atoms with Crippen molar-refractivity contribution >= 4 is 11.4 Å². The lowest BCUT2D eigenvalue weighted by molar-refractivity contribution is -0.384. The first kappa shape index (κ1) is 9.91. The minimum absolute atomic E-state index is 0.0123. The third kappa shape index (κ3) is 2.16. The second kappa shape index (κ2) is 4.18. The maximum Gasteiger partial charge on any atom is 0.269 e. The third-order valence-electron chi connectivity index (χ3n) is 1.65. The topological polar surface area (TPSA) is 93.0 Å². The van der Waals surface area contributed by atoms with Crippen molar-refractivity contribution in [3.05, 3.63) is 52.2 Å². The molecular weight excluding hydrogens is 182 g/mol. The number of nitrogens with zero attached hydrogens (tertiary/aromatic N) is 1. The van der Waals surface area contributed by atoms with Gasteiger partial charge in [0, 0.05) is 12.1 Å². The van der Waals surface area contributed by atoms with Crippen LogP contribution in [0.1, 0.15) is 5.56 Å². The minimum Gasteiger partial charge on any atom is -0.405 e. The SMILES string of the molecule is N=C(/C=C\N)c1ccc([N+](=O)[O-])cc1. The number of nitrogens with two attached hydrogens (primary N) is 1. The van der Waals surface area contributed by atoms with Crippen LogP contribution in [0, 0.1) is 15.5 Å². The molecule has 1 rings (SSSR count). The van der Waals surface area contributed by atoms with Crippen molar-refractivity contribution in [1.82, 2.24) is 0 Å². The molecule has 0 saturated heterocycles. The number of nitro benzene ring substituents is 1. The second-order valence-electron chi connectivity index (χ2n) is 2.58. The maximum atomic E-state index is 10.3. The molecule has 0 bridgehead atoms. The summed E-state index contributed by atoms with van der Waals surface area (Å²) in [5.74, 6) is 0. The first-order valence-electron chi connectivity index (χ1n) is 3.87. The Morgan fingerprint density at radius 2 is 2.00 bits per heavy atom. The van der Waals surface area contributed by atoms with Crippen molar-refractivity contribution in [2.75, 3.05) is 0 Å². The molecule has 0 fully saturated rings. The van der Waals surface area contributed by atoms with Gasteiger partial charge in [-0.1, -0.05) is 0 Å². The molecule has 0 spiro atoms. The Kier molecular flexibility index (Phi) is 2.96. The Bertz CT molecular complexity index is 382. The number of nitro groups is 1. The highest BCUT2D eigenvalue weighted by atomic mass is 16.6. The monoisotopic (exact) mass is 191 g/mol. The maximum absolute atomic E-state index is 10.3. The summed E-state index contributed by atoms with van der Waals surface area (Å²) < 4.78 is 0. The van der Waals surface area contributed by atoms with Gasteiger partial charge in [-0.05, 0) is 30.0 Å². The molecule has 14 heavy (non-hydrogen) atoms. The molecule has 5 nitrogen and oxygen atoms in total. The van der Waals surface area contributed by atoms with Gasteiger partial charge in [-0.2, -0.15) is 0 Å². The van der Waals surface area contributed by atoms with Crippen LogP contribution in [0.5, 0.6) is 0 Å². The van der Waals surface area contributed by atoms with Gasteiger partial charge in [0.1, 0.15) is 0 Å². The molecule has 0 amide bonds.